The van der Waals surface area contributed by atoms with Crippen molar-refractivity contribution in [2.75, 3.05) is 27.5 Å². The lowest BCUT2D eigenvalue weighted by Gasteiger charge is -2.24. The Kier molecular flexibility index (Phi) is 4.20. The van der Waals surface area contributed by atoms with Crippen molar-refractivity contribution in [3.05, 3.63) is 53.6 Å². The van der Waals surface area contributed by atoms with Crippen LogP contribution in [-0.2, 0) is 4.79 Å². The molecule has 0 aliphatic carbocycles. The topological polar surface area (TPSA) is 68.2 Å². The van der Waals surface area contributed by atoms with E-state index in [1.165, 1.54) is 0 Å². The first-order valence-electron chi connectivity index (χ1n) is 8.55. The Hall–Kier alpha value is -2.73. The van der Waals surface area contributed by atoms with Crippen LogP contribution in [0.3, 0.4) is 0 Å². The molecule has 1 fully saturated rings. The molecule has 26 heavy (non-hydrogen) atoms. The Bertz CT molecular complexity index is 819. The molecule has 2 aromatic carbocycles. The number of benzene rings is 2. The normalized spacial score (nSPS) is 24.6. The van der Waals surface area contributed by atoms with Gasteiger partial charge in [0.1, 0.15) is 5.75 Å². The van der Waals surface area contributed by atoms with E-state index in [0.29, 0.717) is 18.0 Å². The third kappa shape index (κ3) is 2.76. The molecule has 0 spiro atoms. The van der Waals surface area contributed by atoms with Gasteiger partial charge in [-0.3, -0.25) is 9.69 Å². The molecule has 6 heteroatoms. The fourth-order valence-corrected chi connectivity index (χ4v) is 4.06. The third-order valence-corrected chi connectivity index (χ3v) is 5.30. The van der Waals surface area contributed by atoms with Crippen LogP contribution in [0.5, 0.6) is 17.2 Å². The number of hydrogen-bond acceptors (Lipinski definition) is 5. The summed E-state index contributed by atoms with van der Waals surface area (Å²) in [7, 11) is 3.59. The van der Waals surface area contributed by atoms with Crippen LogP contribution in [0.2, 0.25) is 0 Å². The summed E-state index contributed by atoms with van der Waals surface area (Å²) in [6.45, 7) is 0.869. The predicted octanol–water partition coefficient (Wildman–Crippen LogP) is 2.90. The molecule has 0 amide bonds. The molecule has 4 rings (SSSR count). The van der Waals surface area contributed by atoms with E-state index in [9.17, 15) is 9.90 Å². The number of carbonyl (C=O) groups is 1. The maximum Gasteiger partial charge on any atom is 0.309 e. The number of rotatable bonds is 4. The highest BCUT2D eigenvalue weighted by Crippen LogP contribution is 2.47. The summed E-state index contributed by atoms with van der Waals surface area (Å²) in [6.07, 6.45) is 0. The molecular weight excluding hydrogens is 334 g/mol. The second kappa shape index (κ2) is 6.53. The highest BCUT2D eigenvalue weighted by Gasteiger charge is 2.46. The minimum atomic E-state index is -0.794. The van der Waals surface area contributed by atoms with E-state index in [-0.39, 0.29) is 18.8 Å². The summed E-state index contributed by atoms with van der Waals surface area (Å²) in [5.74, 6) is 0.681. The predicted molar refractivity (Wildman–Crippen MR) is 94.8 cm³/mol. The molecule has 6 nitrogen and oxygen atoms in total. The second-order valence-corrected chi connectivity index (χ2v) is 6.74. The molecule has 1 N–H and O–H groups in total. The van der Waals surface area contributed by atoms with E-state index >= 15 is 0 Å². The number of carboxylic acid groups (broad SMARTS) is 1. The Morgan fingerprint density at radius 1 is 1.12 bits per heavy atom. The molecule has 0 unspecified atom stereocenters. The number of ether oxygens (including phenoxy) is 3. The Labute approximate surface area is 151 Å². The number of nitrogens with zero attached hydrogens (tertiary/aromatic N) is 1. The fraction of sp³-hybridized carbons (Fsp3) is 0.350. The number of carboxylic acids is 1. The van der Waals surface area contributed by atoms with Crippen molar-refractivity contribution >= 4 is 5.97 Å². The smallest absolute Gasteiger partial charge is 0.309 e. The fourth-order valence-electron chi connectivity index (χ4n) is 4.06. The summed E-state index contributed by atoms with van der Waals surface area (Å²) in [5.41, 5.74) is 1.94. The molecule has 0 bridgehead atoms. The van der Waals surface area contributed by atoms with Crippen LogP contribution in [0.15, 0.2) is 42.5 Å². The minimum Gasteiger partial charge on any atom is -0.497 e. The van der Waals surface area contributed by atoms with Crippen molar-refractivity contribution in [2.45, 2.75) is 12.0 Å². The average Bonchev–Trinajstić information content (AvgIpc) is 3.25. The molecule has 1 saturated heterocycles. The van der Waals surface area contributed by atoms with E-state index in [2.05, 4.69) is 4.90 Å². The van der Waals surface area contributed by atoms with Crippen molar-refractivity contribution in [2.24, 2.45) is 5.92 Å². The van der Waals surface area contributed by atoms with Crippen LogP contribution >= 0.6 is 0 Å². The van der Waals surface area contributed by atoms with Gasteiger partial charge in [0, 0.05) is 18.5 Å². The van der Waals surface area contributed by atoms with Crippen LogP contribution in [0.1, 0.15) is 23.1 Å². The zero-order chi connectivity index (χ0) is 18.3. The van der Waals surface area contributed by atoms with E-state index < -0.39 is 11.9 Å². The van der Waals surface area contributed by atoms with Gasteiger partial charge in [0.05, 0.1) is 13.0 Å². The summed E-state index contributed by atoms with van der Waals surface area (Å²) in [5, 5.41) is 9.98. The summed E-state index contributed by atoms with van der Waals surface area (Å²) in [4.78, 5) is 14.3. The van der Waals surface area contributed by atoms with Crippen LogP contribution in [-0.4, -0.2) is 43.5 Å². The van der Waals surface area contributed by atoms with E-state index in [1.54, 1.807) is 7.11 Å². The molecule has 136 valence electrons. The van der Waals surface area contributed by atoms with Crippen LogP contribution < -0.4 is 14.2 Å². The second-order valence-electron chi connectivity index (χ2n) is 6.74. The van der Waals surface area contributed by atoms with Crippen molar-refractivity contribution < 1.29 is 24.1 Å². The Balaban J connectivity index is 1.69. The molecule has 2 aliphatic rings. The molecule has 0 saturated carbocycles. The van der Waals surface area contributed by atoms with Crippen LogP contribution in [0.4, 0.5) is 0 Å². The zero-order valence-electron chi connectivity index (χ0n) is 14.7. The molecule has 2 aromatic rings. The van der Waals surface area contributed by atoms with Gasteiger partial charge in [-0.25, -0.2) is 0 Å². The maximum absolute atomic E-state index is 12.2. The van der Waals surface area contributed by atoms with Crippen molar-refractivity contribution in [1.82, 2.24) is 4.90 Å². The molecule has 2 aliphatic heterocycles. The number of aliphatic carboxylic acids is 1. The molecule has 2 heterocycles. The Morgan fingerprint density at radius 3 is 2.50 bits per heavy atom. The van der Waals surface area contributed by atoms with Gasteiger partial charge in [-0.05, 0) is 42.4 Å². The molecule has 3 atom stereocenters. The first-order chi connectivity index (χ1) is 12.6. The van der Waals surface area contributed by atoms with Gasteiger partial charge in [-0.1, -0.05) is 18.2 Å². The monoisotopic (exact) mass is 355 g/mol. The highest BCUT2D eigenvalue weighted by atomic mass is 16.7. The first kappa shape index (κ1) is 16.7. The van der Waals surface area contributed by atoms with E-state index in [4.69, 9.17) is 14.2 Å². The first-order valence-corrected chi connectivity index (χ1v) is 8.55. The third-order valence-electron chi connectivity index (χ3n) is 5.30. The summed E-state index contributed by atoms with van der Waals surface area (Å²) < 4.78 is 16.0. The minimum absolute atomic E-state index is 0.126. The van der Waals surface area contributed by atoms with Crippen molar-refractivity contribution in [1.29, 1.82) is 0 Å². The van der Waals surface area contributed by atoms with Crippen LogP contribution in [0, 0.1) is 5.92 Å². The van der Waals surface area contributed by atoms with E-state index in [0.717, 1.165) is 16.9 Å². The zero-order valence-corrected chi connectivity index (χ0v) is 14.7. The van der Waals surface area contributed by atoms with Gasteiger partial charge in [-0.2, -0.15) is 0 Å². The molecular formula is C20H21NO5. The number of likely N-dealkylation sites (N-methyl/N-ethyl adjacent to an activating group) is 1. The largest absolute Gasteiger partial charge is 0.497 e. The van der Waals surface area contributed by atoms with Gasteiger partial charge < -0.3 is 19.3 Å². The van der Waals surface area contributed by atoms with Crippen molar-refractivity contribution in [3.8, 4) is 17.2 Å². The number of hydrogen-bond donors (Lipinski definition) is 1. The molecule has 0 radical (unpaired) electrons. The number of fused-ring (bicyclic) bond motifs is 1. The van der Waals surface area contributed by atoms with Gasteiger partial charge in [0.2, 0.25) is 6.79 Å². The molecule has 0 aromatic heterocycles. The van der Waals surface area contributed by atoms with Gasteiger partial charge in [0.25, 0.3) is 0 Å². The Morgan fingerprint density at radius 2 is 1.81 bits per heavy atom. The van der Waals surface area contributed by atoms with Crippen molar-refractivity contribution in [3.63, 3.8) is 0 Å². The standard InChI is InChI=1S/C20H21NO5/c1-21-10-15(13-5-8-16-17(9-13)26-11-25-16)18(20(22)23)19(21)12-3-6-14(24-2)7-4-12/h3-9,15,18-19H,10-11H2,1-2H3,(H,22,23)/t15-,18-,19+/m1/s1. The summed E-state index contributed by atoms with van der Waals surface area (Å²) in [6, 6.07) is 13.1. The lowest BCUT2D eigenvalue weighted by atomic mass is 9.83. The van der Waals surface area contributed by atoms with Crippen LogP contribution in [0.25, 0.3) is 0 Å². The average molecular weight is 355 g/mol. The maximum atomic E-state index is 12.2. The van der Waals surface area contributed by atoms with Gasteiger partial charge in [-0.15, -0.1) is 0 Å². The van der Waals surface area contributed by atoms with E-state index in [1.807, 2.05) is 49.5 Å². The quantitative estimate of drug-likeness (QED) is 0.910. The van der Waals surface area contributed by atoms with Gasteiger partial charge >= 0.3 is 5.97 Å². The highest BCUT2D eigenvalue weighted by molar-refractivity contribution is 5.74. The number of likely N-dealkylation sites (tertiary alicyclic amines) is 1. The van der Waals surface area contributed by atoms with Gasteiger partial charge in [0.15, 0.2) is 11.5 Å². The number of methoxy groups -OCH3 is 1. The summed E-state index contributed by atoms with van der Waals surface area (Å²) >= 11 is 0. The lowest BCUT2D eigenvalue weighted by molar-refractivity contribution is -0.143. The SMILES string of the molecule is COc1ccc([C@H]2[C@H](C(=O)O)[C@@H](c3ccc4c(c3)OCO4)CN2C)cc1. The lowest BCUT2D eigenvalue weighted by Crippen LogP contribution is -2.26.